The third-order valence-electron chi connectivity index (χ3n) is 1.51. The van der Waals surface area contributed by atoms with Crippen LogP contribution in [0.4, 0.5) is 4.79 Å². The van der Waals surface area contributed by atoms with Crippen LogP contribution in [0, 0.1) is 0 Å². The van der Waals surface area contributed by atoms with Crippen molar-refractivity contribution in [3.63, 3.8) is 0 Å². The summed E-state index contributed by atoms with van der Waals surface area (Å²) in [6.07, 6.45) is -1.57. The van der Waals surface area contributed by atoms with Gasteiger partial charge in [-0.2, -0.15) is 0 Å². The Labute approximate surface area is 76.3 Å². The molecule has 0 spiro atoms. The summed E-state index contributed by atoms with van der Waals surface area (Å²) in [6, 6.07) is 9.09. The molecule has 0 aromatic heterocycles. The standard InChI is InChI=1S/C9H11NO3/c1-12-8(13-9(10)11)7-5-3-2-4-6-7/h2-6,8H,1H3,(H2,10,11). The largest absolute Gasteiger partial charge is 0.415 e. The number of primary amides is 1. The molecule has 0 aliphatic carbocycles. The van der Waals surface area contributed by atoms with E-state index in [2.05, 4.69) is 0 Å². The van der Waals surface area contributed by atoms with Gasteiger partial charge >= 0.3 is 6.09 Å². The van der Waals surface area contributed by atoms with Gasteiger partial charge in [-0.3, -0.25) is 0 Å². The second kappa shape index (κ2) is 4.47. The van der Waals surface area contributed by atoms with Gasteiger partial charge in [-0.25, -0.2) is 4.79 Å². The van der Waals surface area contributed by atoms with E-state index in [4.69, 9.17) is 15.2 Å². The predicted octanol–water partition coefficient (Wildman–Crippen LogP) is 1.43. The van der Waals surface area contributed by atoms with Crippen LogP contribution >= 0.6 is 0 Å². The number of rotatable bonds is 3. The van der Waals surface area contributed by atoms with Crippen LogP contribution in [0.2, 0.25) is 0 Å². The molecule has 1 aromatic carbocycles. The first kappa shape index (κ1) is 9.54. The molecule has 1 unspecified atom stereocenters. The van der Waals surface area contributed by atoms with Crippen molar-refractivity contribution in [2.24, 2.45) is 5.73 Å². The number of methoxy groups -OCH3 is 1. The summed E-state index contributed by atoms with van der Waals surface area (Å²) in [5.41, 5.74) is 5.62. The Morgan fingerprint density at radius 3 is 2.46 bits per heavy atom. The Kier molecular flexibility index (Phi) is 3.28. The second-order valence-electron chi connectivity index (χ2n) is 2.42. The van der Waals surface area contributed by atoms with Gasteiger partial charge in [0.15, 0.2) is 0 Å². The van der Waals surface area contributed by atoms with E-state index in [-0.39, 0.29) is 0 Å². The maximum atomic E-state index is 10.5. The fourth-order valence-electron chi connectivity index (χ4n) is 0.968. The number of carbonyl (C=O) groups excluding carboxylic acids is 1. The van der Waals surface area contributed by atoms with E-state index in [0.717, 1.165) is 5.56 Å². The average Bonchev–Trinajstić information content (AvgIpc) is 2.15. The molecular formula is C9H11NO3. The molecule has 0 aliphatic rings. The number of ether oxygens (including phenoxy) is 2. The lowest BCUT2D eigenvalue weighted by Crippen LogP contribution is -2.18. The van der Waals surface area contributed by atoms with Gasteiger partial charge in [0.1, 0.15) is 0 Å². The van der Waals surface area contributed by atoms with Gasteiger partial charge in [-0.1, -0.05) is 30.3 Å². The summed E-state index contributed by atoms with van der Waals surface area (Å²) in [5.74, 6) is 0. The first-order chi connectivity index (χ1) is 6.24. The highest BCUT2D eigenvalue weighted by Gasteiger charge is 2.12. The lowest BCUT2D eigenvalue weighted by atomic mass is 10.2. The zero-order valence-corrected chi connectivity index (χ0v) is 7.27. The van der Waals surface area contributed by atoms with Crippen molar-refractivity contribution in [2.75, 3.05) is 7.11 Å². The molecule has 0 fully saturated rings. The van der Waals surface area contributed by atoms with E-state index < -0.39 is 12.4 Å². The fourth-order valence-corrected chi connectivity index (χ4v) is 0.968. The summed E-state index contributed by atoms with van der Waals surface area (Å²) < 4.78 is 9.63. The number of carbonyl (C=O) groups is 1. The van der Waals surface area contributed by atoms with Crippen molar-refractivity contribution >= 4 is 6.09 Å². The number of hydrogen-bond donors (Lipinski definition) is 1. The monoisotopic (exact) mass is 181 g/mol. The van der Waals surface area contributed by atoms with Gasteiger partial charge in [0.25, 0.3) is 0 Å². The van der Waals surface area contributed by atoms with Crippen molar-refractivity contribution < 1.29 is 14.3 Å². The molecule has 0 bridgehead atoms. The van der Waals surface area contributed by atoms with Gasteiger partial charge in [-0.05, 0) is 0 Å². The minimum atomic E-state index is -0.851. The summed E-state index contributed by atoms with van der Waals surface area (Å²) >= 11 is 0. The Morgan fingerprint density at radius 2 is 2.00 bits per heavy atom. The van der Waals surface area contributed by atoms with Crippen molar-refractivity contribution in [1.29, 1.82) is 0 Å². The Balaban J connectivity index is 2.73. The average molecular weight is 181 g/mol. The number of benzene rings is 1. The van der Waals surface area contributed by atoms with Crippen molar-refractivity contribution in [2.45, 2.75) is 6.29 Å². The molecule has 70 valence electrons. The van der Waals surface area contributed by atoms with Gasteiger partial charge < -0.3 is 15.2 Å². The van der Waals surface area contributed by atoms with Gasteiger partial charge in [0.2, 0.25) is 6.29 Å². The van der Waals surface area contributed by atoms with Gasteiger partial charge in [-0.15, -0.1) is 0 Å². The van der Waals surface area contributed by atoms with E-state index in [9.17, 15) is 4.79 Å². The van der Waals surface area contributed by atoms with Crippen LogP contribution in [0.1, 0.15) is 11.9 Å². The number of nitrogens with two attached hydrogens (primary N) is 1. The van der Waals surface area contributed by atoms with Crippen LogP contribution in [0.15, 0.2) is 30.3 Å². The Hall–Kier alpha value is -1.55. The molecule has 0 saturated heterocycles. The van der Waals surface area contributed by atoms with E-state index in [0.29, 0.717) is 0 Å². The van der Waals surface area contributed by atoms with Gasteiger partial charge in [0, 0.05) is 12.7 Å². The minimum absolute atomic E-state index is 0.723. The Bertz CT molecular complexity index is 273. The van der Waals surface area contributed by atoms with Crippen LogP contribution in [0.5, 0.6) is 0 Å². The predicted molar refractivity (Wildman–Crippen MR) is 46.9 cm³/mol. The summed E-state index contributed by atoms with van der Waals surface area (Å²) in [7, 11) is 1.45. The number of amides is 1. The maximum Gasteiger partial charge on any atom is 0.407 e. The van der Waals surface area contributed by atoms with Crippen LogP contribution in [0.3, 0.4) is 0 Å². The maximum absolute atomic E-state index is 10.5. The topological polar surface area (TPSA) is 61.6 Å². The fraction of sp³-hybridized carbons (Fsp3) is 0.222. The first-order valence-corrected chi connectivity index (χ1v) is 3.78. The molecular weight excluding hydrogens is 170 g/mol. The van der Waals surface area contributed by atoms with Crippen molar-refractivity contribution in [3.05, 3.63) is 35.9 Å². The lowest BCUT2D eigenvalue weighted by Gasteiger charge is -2.14. The highest BCUT2D eigenvalue weighted by molar-refractivity contribution is 5.64. The van der Waals surface area contributed by atoms with Crippen molar-refractivity contribution in [3.8, 4) is 0 Å². The normalized spacial score (nSPS) is 12.1. The summed E-state index contributed by atoms with van der Waals surface area (Å²) in [5, 5.41) is 0. The van der Waals surface area contributed by atoms with Crippen LogP contribution < -0.4 is 5.73 Å². The molecule has 0 aliphatic heterocycles. The van der Waals surface area contributed by atoms with Crippen molar-refractivity contribution in [1.82, 2.24) is 0 Å². The zero-order chi connectivity index (χ0) is 9.68. The third kappa shape index (κ3) is 2.76. The summed E-state index contributed by atoms with van der Waals surface area (Å²) in [4.78, 5) is 10.5. The second-order valence-corrected chi connectivity index (χ2v) is 2.42. The molecule has 1 amide bonds. The van der Waals surface area contributed by atoms with Gasteiger partial charge in [0.05, 0.1) is 0 Å². The molecule has 0 radical (unpaired) electrons. The SMILES string of the molecule is COC(OC(N)=O)c1ccccc1. The van der Waals surface area contributed by atoms with E-state index in [1.807, 2.05) is 18.2 Å². The highest BCUT2D eigenvalue weighted by atomic mass is 16.7. The molecule has 2 N–H and O–H groups in total. The van der Waals surface area contributed by atoms with E-state index in [1.54, 1.807) is 12.1 Å². The molecule has 4 heteroatoms. The molecule has 0 heterocycles. The molecule has 0 saturated carbocycles. The smallest absolute Gasteiger partial charge is 0.407 e. The lowest BCUT2D eigenvalue weighted by molar-refractivity contribution is -0.0816. The number of hydrogen-bond acceptors (Lipinski definition) is 3. The molecule has 1 aromatic rings. The quantitative estimate of drug-likeness (QED) is 0.717. The molecule has 1 atom stereocenters. The van der Waals surface area contributed by atoms with Crippen LogP contribution in [-0.4, -0.2) is 13.2 Å². The molecule has 4 nitrogen and oxygen atoms in total. The molecule has 1 rings (SSSR count). The minimum Gasteiger partial charge on any atom is -0.415 e. The first-order valence-electron chi connectivity index (χ1n) is 3.78. The van der Waals surface area contributed by atoms with E-state index in [1.165, 1.54) is 7.11 Å². The van der Waals surface area contributed by atoms with Crippen LogP contribution in [0.25, 0.3) is 0 Å². The highest BCUT2D eigenvalue weighted by Crippen LogP contribution is 2.16. The molecule has 13 heavy (non-hydrogen) atoms. The van der Waals surface area contributed by atoms with E-state index >= 15 is 0 Å². The Morgan fingerprint density at radius 1 is 1.38 bits per heavy atom. The summed E-state index contributed by atoms with van der Waals surface area (Å²) in [6.45, 7) is 0. The third-order valence-corrected chi connectivity index (χ3v) is 1.51. The van der Waals surface area contributed by atoms with Crippen LogP contribution in [-0.2, 0) is 9.47 Å². The zero-order valence-electron chi connectivity index (χ0n) is 7.27.